The number of nitrogen functional groups attached to an aromatic ring is 1. The zero-order valence-corrected chi connectivity index (χ0v) is 21.9. The average molecular weight is 540 g/mol. The zero-order valence-electron chi connectivity index (χ0n) is 19.6. The minimum Gasteiger partial charge on any atom is -0.468 e. The number of halogens is 3. The molecule has 0 spiro atoms. The largest absolute Gasteiger partial charge is 0.468 e. The molecule has 0 saturated heterocycles. The van der Waals surface area contributed by atoms with Gasteiger partial charge in [-0.25, -0.2) is 0 Å². The number of rotatable bonds is 8. The molecule has 0 radical (unpaired) electrons. The molecule has 4 aromatic carbocycles. The average Bonchev–Trinajstić information content (AvgIpc) is 2.88. The van der Waals surface area contributed by atoms with Crippen LogP contribution in [0.15, 0.2) is 91.0 Å². The van der Waals surface area contributed by atoms with E-state index in [1.807, 2.05) is 60.7 Å². The number of carbonyl (C=O) groups is 1. The number of carbonyl (C=O) groups excluding carboxylic acids is 1. The molecule has 0 unspecified atom stereocenters. The molecule has 3 N–H and O–H groups in total. The molecule has 0 aliphatic carbocycles. The highest BCUT2D eigenvalue weighted by molar-refractivity contribution is 6.31. The predicted octanol–water partition coefficient (Wildman–Crippen LogP) is 7.39. The van der Waals surface area contributed by atoms with Crippen LogP contribution in [-0.4, -0.2) is 19.6 Å². The van der Waals surface area contributed by atoms with Gasteiger partial charge in [-0.1, -0.05) is 77.3 Å². The smallest absolute Gasteiger partial charge is 0.325 e. The second-order valence-electron chi connectivity index (χ2n) is 8.36. The van der Waals surface area contributed by atoms with E-state index in [9.17, 15) is 4.79 Å². The number of hydrogen-bond acceptors (Lipinski definition) is 4. The van der Waals surface area contributed by atoms with Crippen LogP contribution in [0, 0.1) is 0 Å². The molecular weight excluding hydrogens is 515 g/mol. The quantitative estimate of drug-likeness (QED) is 0.139. The van der Waals surface area contributed by atoms with E-state index >= 15 is 0 Å². The Morgan fingerprint density at radius 3 is 1.94 bits per heavy atom. The van der Waals surface area contributed by atoms with E-state index in [2.05, 4.69) is 5.32 Å². The maximum atomic E-state index is 13.7. The Morgan fingerprint density at radius 2 is 1.39 bits per heavy atom. The molecule has 184 valence electrons. The Bertz CT molecular complexity index is 1310. The molecule has 0 aliphatic rings. The van der Waals surface area contributed by atoms with Crippen molar-refractivity contribution in [2.75, 3.05) is 24.7 Å². The van der Waals surface area contributed by atoms with Crippen LogP contribution in [0.5, 0.6) is 0 Å². The summed E-state index contributed by atoms with van der Waals surface area (Å²) in [4.78, 5) is 13.7. The minimum absolute atomic E-state index is 0.443. The molecule has 0 fully saturated rings. The third kappa shape index (κ3) is 5.31. The highest BCUT2D eigenvalue weighted by Crippen LogP contribution is 2.43. The molecule has 4 aromatic rings. The van der Waals surface area contributed by atoms with Crippen molar-refractivity contribution in [3.8, 4) is 0 Å². The lowest BCUT2D eigenvalue weighted by Crippen LogP contribution is -2.39. The third-order valence-corrected chi connectivity index (χ3v) is 6.89. The summed E-state index contributed by atoms with van der Waals surface area (Å²) in [6, 6.07) is 27.6. The summed E-state index contributed by atoms with van der Waals surface area (Å²) in [5.41, 5.74) is 9.54. The zero-order chi connectivity index (χ0) is 25.7. The van der Waals surface area contributed by atoms with Gasteiger partial charge in [-0.05, 0) is 77.2 Å². The van der Waals surface area contributed by atoms with Crippen LogP contribution in [0.4, 0.5) is 11.4 Å². The molecule has 0 atom stereocenters. The van der Waals surface area contributed by atoms with E-state index in [4.69, 9.17) is 45.3 Å². The maximum absolute atomic E-state index is 13.7. The molecule has 36 heavy (non-hydrogen) atoms. The van der Waals surface area contributed by atoms with Crippen molar-refractivity contribution in [3.63, 3.8) is 0 Å². The Balaban J connectivity index is 1.80. The number of benzene rings is 4. The van der Waals surface area contributed by atoms with Gasteiger partial charge >= 0.3 is 5.97 Å². The number of esters is 1. The van der Waals surface area contributed by atoms with Gasteiger partial charge in [-0.2, -0.15) is 0 Å². The predicted molar refractivity (Wildman–Crippen MR) is 149 cm³/mol. The fourth-order valence-corrected chi connectivity index (χ4v) is 4.85. The summed E-state index contributed by atoms with van der Waals surface area (Å²) in [6.07, 6.45) is 0.751. The summed E-state index contributed by atoms with van der Waals surface area (Å²) in [5, 5.41) is 5.23. The first-order chi connectivity index (χ1) is 17.3. The summed E-state index contributed by atoms with van der Waals surface area (Å²) in [5.74, 6) is -0.443. The van der Waals surface area contributed by atoms with Gasteiger partial charge in [0.05, 0.1) is 18.5 Å². The molecule has 4 rings (SSSR count). The lowest BCUT2D eigenvalue weighted by atomic mass is 9.69. The van der Waals surface area contributed by atoms with Gasteiger partial charge < -0.3 is 15.8 Å². The standard InChI is InChI=1S/C29H25Cl3N2O2/c1-36-28(35)29(20-5-10-23(30)11-6-20,21-7-12-24(31)13-8-21)22-9-14-26(33)27(18-22)34-16-15-19-3-2-4-25(32)17-19/h2-14,17-18,34H,15-16,33H2,1H3. The van der Waals surface area contributed by atoms with Gasteiger partial charge in [0.25, 0.3) is 0 Å². The van der Waals surface area contributed by atoms with Crippen molar-refractivity contribution in [1.82, 2.24) is 0 Å². The lowest BCUT2D eigenvalue weighted by Gasteiger charge is -2.33. The second kappa shape index (κ2) is 11.3. The topological polar surface area (TPSA) is 64.3 Å². The van der Waals surface area contributed by atoms with Gasteiger partial charge in [0.15, 0.2) is 0 Å². The van der Waals surface area contributed by atoms with E-state index in [1.54, 1.807) is 30.3 Å². The number of nitrogens with two attached hydrogens (primary N) is 1. The van der Waals surface area contributed by atoms with Crippen LogP contribution in [0.3, 0.4) is 0 Å². The molecule has 0 bridgehead atoms. The van der Waals surface area contributed by atoms with Crippen LogP contribution in [0.25, 0.3) is 0 Å². The second-order valence-corrected chi connectivity index (χ2v) is 9.67. The summed E-state index contributed by atoms with van der Waals surface area (Å²) >= 11 is 18.5. The van der Waals surface area contributed by atoms with E-state index in [1.165, 1.54) is 7.11 Å². The minimum atomic E-state index is -1.28. The van der Waals surface area contributed by atoms with Crippen molar-refractivity contribution < 1.29 is 9.53 Å². The van der Waals surface area contributed by atoms with Crippen LogP contribution < -0.4 is 11.1 Å². The Labute approximate surface area is 226 Å². The van der Waals surface area contributed by atoms with E-state index in [0.717, 1.165) is 12.0 Å². The Kier molecular flexibility index (Phi) is 8.10. The first-order valence-electron chi connectivity index (χ1n) is 11.3. The van der Waals surface area contributed by atoms with Gasteiger partial charge in [-0.3, -0.25) is 4.79 Å². The number of anilines is 2. The van der Waals surface area contributed by atoms with Crippen LogP contribution in [0.1, 0.15) is 22.3 Å². The first kappa shape index (κ1) is 25.9. The molecule has 4 nitrogen and oxygen atoms in total. The van der Waals surface area contributed by atoms with Gasteiger partial charge in [0.2, 0.25) is 0 Å². The van der Waals surface area contributed by atoms with Gasteiger partial charge in [0, 0.05) is 21.6 Å². The van der Waals surface area contributed by atoms with Crippen molar-refractivity contribution in [1.29, 1.82) is 0 Å². The number of ether oxygens (including phenoxy) is 1. The normalized spacial score (nSPS) is 11.2. The van der Waals surface area contributed by atoms with Crippen LogP contribution in [0.2, 0.25) is 15.1 Å². The summed E-state index contributed by atoms with van der Waals surface area (Å²) < 4.78 is 5.39. The van der Waals surface area contributed by atoms with E-state index in [-0.39, 0.29) is 0 Å². The molecule has 0 heterocycles. The molecule has 0 aliphatic heterocycles. The molecule has 0 aromatic heterocycles. The number of methoxy groups -OCH3 is 1. The fourth-order valence-electron chi connectivity index (χ4n) is 4.38. The van der Waals surface area contributed by atoms with Crippen molar-refractivity contribution in [2.24, 2.45) is 0 Å². The third-order valence-electron chi connectivity index (χ3n) is 6.15. The summed E-state index contributed by atoms with van der Waals surface area (Å²) in [6.45, 7) is 0.626. The van der Waals surface area contributed by atoms with Crippen LogP contribution >= 0.6 is 34.8 Å². The van der Waals surface area contributed by atoms with Gasteiger partial charge in [0.1, 0.15) is 5.41 Å². The number of hydrogen-bond donors (Lipinski definition) is 2. The SMILES string of the molecule is COC(=O)C(c1ccc(Cl)cc1)(c1ccc(Cl)cc1)c1ccc(N)c(NCCc2cccc(Cl)c2)c1. The highest BCUT2D eigenvalue weighted by Gasteiger charge is 2.45. The van der Waals surface area contributed by atoms with Crippen molar-refractivity contribution in [2.45, 2.75) is 11.8 Å². The number of nitrogens with one attached hydrogen (secondary N) is 1. The Hall–Kier alpha value is -3.18. The van der Waals surface area contributed by atoms with Crippen LogP contribution in [-0.2, 0) is 21.4 Å². The summed E-state index contributed by atoms with van der Waals surface area (Å²) in [7, 11) is 1.38. The first-order valence-corrected chi connectivity index (χ1v) is 12.5. The van der Waals surface area contributed by atoms with Crippen molar-refractivity contribution in [3.05, 3.63) is 128 Å². The van der Waals surface area contributed by atoms with E-state index < -0.39 is 11.4 Å². The lowest BCUT2D eigenvalue weighted by molar-refractivity contribution is -0.144. The monoisotopic (exact) mass is 538 g/mol. The maximum Gasteiger partial charge on any atom is 0.325 e. The molecule has 7 heteroatoms. The fraction of sp³-hybridized carbons (Fsp3) is 0.138. The highest BCUT2D eigenvalue weighted by atomic mass is 35.5. The van der Waals surface area contributed by atoms with E-state index in [0.29, 0.717) is 49.7 Å². The molecule has 0 amide bonds. The molecular formula is C29H25Cl3N2O2. The molecule has 0 saturated carbocycles. The Morgan fingerprint density at radius 1 is 0.806 bits per heavy atom. The van der Waals surface area contributed by atoms with Gasteiger partial charge in [-0.15, -0.1) is 0 Å². The van der Waals surface area contributed by atoms with Crippen molar-refractivity contribution >= 4 is 52.1 Å².